The Kier molecular flexibility index (Phi) is 4.81. The van der Waals surface area contributed by atoms with Gasteiger partial charge >= 0.3 is 0 Å². The highest BCUT2D eigenvalue weighted by Crippen LogP contribution is 1.97. The molecule has 0 heterocycles. The molecule has 0 spiro atoms. The summed E-state index contributed by atoms with van der Waals surface area (Å²) in [6, 6.07) is 0. The van der Waals surface area contributed by atoms with Crippen molar-refractivity contribution in [3.8, 4) is 0 Å². The van der Waals surface area contributed by atoms with E-state index in [9.17, 15) is 9.59 Å². The van der Waals surface area contributed by atoms with Gasteiger partial charge in [0.1, 0.15) is 6.29 Å². The van der Waals surface area contributed by atoms with Crippen LogP contribution >= 0.6 is 0 Å². The molecular weight excluding hydrogens is 144 g/mol. The lowest BCUT2D eigenvalue weighted by atomic mass is 10.2. The summed E-state index contributed by atoms with van der Waals surface area (Å²) in [6.45, 7) is 2.06. The molecule has 4 heteroatoms. The predicted molar refractivity (Wildman–Crippen MR) is 41.6 cm³/mol. The molecule has 0 radical (unpaired) electrons. The lowest BCUT2D eigenvalue weighted by Gasteiger charge is -2.02. The molecule has 11 heavy (non-hydrogen) atoms. The maximum absolute atomic E-state index is 10.3. The van der Waals surface area contributed by atoms with Crippen LogP contribution in [0, 0.1) is 0 Å². The summed E-state index contributed by atoms with van der Waals surface area (Å²) in [5, 5.41) is 2.36. The minimum absolute atomic E-state index is 0.215. The summed E-state index contributed by atoms with van der Waals surface area (Å²) in [5.41, 5.74) is 6.43. The first-order valence-corrected chi connectivity index (χ1v) is 3.36. The second kappa shape index (κ2) is 5.46. The highest BCUT2D eigenvalue weighted by Gasteiger charge is 1.98. The molecule has 3 N–H and O–H groups in total. The van der Waals surface area contributed by atoms with E-state index in [-0.39, 0.29) is 6.54 Å². The standard InChI is InChI=1S/C7H12N2O2/c1-2-7(8)6(4-10)3-9-5-11/h4-5H,2-3,8H2,1H3,(H,9,11)/b7-6-. The van der Waals surface area contributed by atoms with Crippen LogP contribution in [0.2, 0.25) is 0 Å². The van der Waals surface area contributed by atoms with Crippen molar-refractivity contribution in [3.05, 3.63) is 11.3 Å². The number of aldehydes is 1. The van der Waals surface area contributed by atoms with E-state index in [1.807, 2.05) is 6.92 Å². The summed E-state index contributed by atoms with van der Waals surface area (Å²) >= 11 is 0. The zero-order valence-corrected chi connectivity index (χ0v) is 6.46. The summed E-state index contributed by atoms with van der Waals surface area (Å²) in [4.78, 5) is 20.2. The topological polar surface area (TPSA) is 72.2 Å². The molecule has 0 unspecified atom stereocenters. The second-order valence-electron chi connectivity index (χ2n) is 2.02. The molecule has 0 rings (SSSR count). The van der Waals surface area contributed by atoms with Gasteiger partial charge in [0.05, 0.1) is 0 Å². The highest BCUT2D eigenvalue weighted by atomic mass is 16.1. The molecule has 1 amide bonds. The molecule has 4 nitrogen and oxygen atoms in total. The van der Waals surface area contributed by atoms with Gasteiger partial charge in [-0.1, -0.05) is 6.92 Å². The van der Waals surface area contributed by atoms with Crippen LogP contribution in [0.4, 0.5) is 0 Å². The van der Waals surface area contributed by atoms with Crippen molar-refractivity contribution in [1.82, 2.24) is 5.32 Å². The van der Waals surface area contributed by atoms with Crippen LogP contribution in [0.15, 0.2) is 11.3 Å². The molecule has 0 aromatic rings. The molecule has 0 saturated heterocycles. The lowest BCUT2D eigenvalue weighted by Crippen LogP contribution is -2.18. The van der Waals surface area contributed by atoms with E-state index in [2.05, 4.69) is 5.32 Å². The number of allylic oxidation sites excluding steroid dienone is 1. The fourth-order valence-corrected chi connectivity index (χ4v) is 0.610. The smallest absolute Gasteiger partial charge is 0.207 e. The quantitative estimate of drug-likeness (QED) is 0.418. The molecule has 0 aliphatic carbocycles. The Bertz CT molecular complexity index is 175. The zero-order chi connectivity index (χ0) is 8.69. The number of carbonyl (C=O) groups excluding carboxylic acids is 2. The maximum Gasteiger partial charge on any atom is 0.207 e. The van der Waals surface area contributed by atoms with Gasteiger partial charge in [0.15, 0.2) is 0 Å². The molecule has 0 aromatic carbocycles. The second-order valence-corrected chi connectivity index (χ2v) is 2.02. The van der Waals surface area contributed by atoms with E-state index >= 15 is 0 Å². The van der Waals surface area contributed by atoms with Crippen LogP contribution in [0.3, 0.4) is 0 Å². The molecule has 62 valence electrons. The van der Waals surface area contributed by atoms with Gasteiger partial charge in [-0.3, -0.25) is 9.59 Å². The fourth-order valence-electron chi connectivity index (χ4n) is 0.610. The van der Waals surface area contributed by atoms with Crippen LogP contribution in [-0.2, 0) is 9.59 Å². The molecule has 0 saturated carbocycles. The normalized spacial score (nSPS) is 11.7. The number of hydrogen-bond donors (Lipinski definition) is 2. The third kappa shape index (κ3) is 3.40. The summed E-state index contributed by atoms with van der Waals surface area (Å²) < 4.78 is 0. The van der Waals surface area contributed by atoms with Crippen LogP contribution in [0.5, 0.6) is 0 Å². The van der Waals surface area contributed by atoms with E-state index < -0.39 is 0 Å². The van der Waals surface area contributed by atoms with Crippen molar-refractivity contribution in [2.24, 2.45) is 5.73 Å². The minimum atomic E-state index is 0.215. The monoisotopic (exact) mass is 156 g/mol. The molecule has 0 atom stereocenters. The van der Waals surface area contributed by atoms with Crippen LogP contribution < -0.4 is 11.1 Å². The Morgan fingerprint density at radius 3 is 2.55 bits per heavy atom. The van der Waals surface area contributed by atoms with Crippen molar-refractivity contribution in [2.45, 2.75) is 13.3 Å². The van der Waals surface area contributed by atoms with Gasteiger partial charge in [0.2, 0.25) is 6.41 Å². The third-order valence-corrected chi connectivity index (χ3v) is 1.31. The molecule has 0 bridgehead atoms. The number of carbonyl (C=O) groups is 2. The van der Waals surface area contributed by atoms with Crippen molar-refractivity contribution < 1.29 is 9.59 Å². The fraction of sp³-hybridized carbons (Fsp3) is 0.429. The number of nitrogens with one attached hydrogen (secondary N) is 1. The molecule has 0 aromatic heterocycles. The first kappa shape index (κ1) is 9.68. The van der Waals surface area contributed by atoms with E-state index in [0.717, 1.165) is 0 Å². The van der Waals surface area contributed by atoms with Crippen molar-refractivity contribution in [2.75, 3.05) is 6.54 Å². The van der Waals surface area contributed by atoms with E-state index in [4.69, 9.17) is 5.73 Å². The molecular formula is C7H12N2O2. The third-order valence-electron chi connectivity index (χ3n) is 1.31. The summed E-state index contributed by atoms with van der Waals surface area (Å²) in [7, 11) is 0. The number of rotatable bonds is 5. The van der Waals surface area contributed by atoms with Crippen LogP contribution in [0.1, 0.15) is 13.3 Å². The van der Waals surface area contributed by atoms with Gasteiger partial charge in [-0.15, -0.1) is 0 Å². The minimum Gasteiger partial charge on any atom is -0.402 e. The Morgan fingerprint density at radius 2 is 2.18 bits per heavy atom. The maximum atomic E-state index is 10.3. The summed E-state index contributed by atoms with van der Waals surface area (Å²) in [5.74, 6) is 0. The zero-order valence-electron chi connectivity index (χ0n) is 6.46. The Balaban J connectivity index is 4.13. The first-order chi connectivity index (χ1) is 5.26. The Labute approximate surface area is 65.5 Å². The summed E-state index contributed by atoms with van der Waals surface area (Å²) in [6.07, 6.45) is 1.82. The molecule has 0 aliphatic heterocycles. The van der Waals surface area contributed by atoms with Crippen LogP contribution in [0.25, 0.3) is 0 Å². The van der Waals surface area contributed by atoms with Crippen molar-refractivity contribution >= 4 is 12.7 Å². The van der Waals surface area contributed by atoms with Gasteiger partial charge in [0, 0.05) is 17.8 Å². The van der Waals surface area contributed by atoms with Crippen LogP contribution in [-0.4, -0.2) is 19.2 Å². The lowest BCUT2D eigenvalue weighted by molar-refractivity contribution is -0.109. The molecule has 0 fully saturated rings. The average Bonchev–Trinajstić information content (AvgIpc) is 2.05. The van der Waals surface area contributed by atoms with Crippen molar-refractivity contribution in [1.29, 1.82) is 0 Å². The largest absolute Gasteiger partial charge is 0.402 e. The van der Waals surface area contributed by atoms with Crippen molar-refractivity contribution in [3.63, 3.8) is 0 Å². The van der Waals surface area contributed by atoms with E-state index in [1.165, 1.54) is 0 Å². The van der Waals surface area contributed by atoms with Gasteiger partial charge < -0.3 is 11.1 Å². The van der Waals surface area contributed by atoms with Gasteiger partial charge in [-0.2, -0.15) is 0 Å². The van der Waals surface area contributed by atoms with E-state index in [1.54, 1.807) is 0 Å². The van der Waals surface area contributed by atoms with Gasteiger partial charge in [-0.05, 0) is 6.42 Å². The van der Waals surface area contributed by atoms with Gasteiger partial charge in [0.25, 0.3) is 0 Å². The number of amides is 1. The SMILES string of the molecule is CC/C(N)=C(/C=O)CNC=O. The average molecular weight is 156 g/mol. The van der Waals surface area contributed by atoms with Gasteiger partial charge in [-0.25, -0.2) is 0 Å². The number of nitrogens with two attached hydrogens (primary N) is 1. The highest BCUT2D eigenvalue weighted by molar-refractivity contribution is 5.75. The van der Waals surface area contributed by atoms with E-state index in [0.29, 0.717) is 30.4 Å². The molecule has 0 aliphatic rings. The first-order valence-electron chi connectivity index (χ1n) is 3.36. The Hall–Kier alpha value is -1.32. The Morgan fingerprint density at radius 1 is 1.55 bits per heavy atom. The number of hydrogen-bond acceptors (Lipinski definition) is 3. The predicted octanol–water partition coefficient (Wildman–Crippen LogP) is -0.446.